The van der Waals surface area contributed by atoms with E-state index < -0.39 is 72.3 Å². The van der Waals surface area contributed by atoms with E-state index in [-0.39, 0.29) is 31.8 Å². The minimum atomic E-state index is -1.25. The molecular weight excluding hydrogens is 693 g/mol. The Hall–Kier alpha value is -4.94. The summed E-state index contributed by atoms with van der Waals surface area (Å²) in [5, 5.41) is 20.6. The van der Waals surface area contributed by atoms with Gasteiger partial charge in [0.15, 0.2) is 0 Å². The van der Waals surface area contributed by atoms with Gasteiger partial charge in [-0.2, -0.15) is 11.8 Å². The Balaban J connectivity index is 1.93. The maximum atomic E-state index is 14.2. The summed E-state index contributed by atoms with van der Waals surface area (Å²) >= 11 is 1.54. The van der Waals surface area contributed by atoms with Gasteiger partial charge >= 0.3 is 5.97 Å². The number of imidazole rings is 1. The molecule has 284 valence electrons. The van der Waals surface area contributed by atoms with E-state index in [0.717, 1.165) is 15.8 Å². The summed E-state index contributed by atoms with van der Waals surface area (Å²) < 4.78 is 0. The van der Waals surface area contributed by atoms with Gasteiger partial charge in [-0.05, 0) is 42.9 Å². The van der Waals surface area contributed by atoms with Crippen LogP contribution in [0.4, 0.5) is 0 Å². The lowest BCUT2D eigenvalue weighted by Crippen LogP contribution is -2.60. The van der Waals surface area contributed by atoms with Crippen LogP contribution in [0.2, 0.25) is 0 Å². The van der Waals surface area contributed by atoms with Crippen LogP contribution in [0.3, 0.4) is 0 Å². The number of aromatic nitrogens is 3. The molecule has 0 aliphatic carbocycles. The number of carbonyl (C=O) groups excluding carboxylic acids is 5. The van der Waals surface area contributed by atoms with Crippen LogP contribution in [0.1, 0.15) is 38.4 Å². The topological polar surface area (TPSA) is 271 Å². The summed E-state index contributed by atoms with van der Waals surface area (Å²) in [7, 11) is 0. The molecule has 11 N–H and O–H groups in total. The van der Waals surface area contributed by atoms with Gasteiger partial charge in [-0.15, -0.1) is 0 Å². The molecule has 52 heavy (non-hydrogen) atoms. The Kier molecular flexibility index (Phi) is 16.1. The highest BCUT2D eigenvalue weighted by molar-refractivity contribution is 7.98. The monoisotopic (exact) mass is 742 g/mol. The van der Waals surface area contributed by atoms with Crippen molar-refractivity contribution in [1.82, 2.24) is 41.1 Å². The molecule has 0 bridgehead atoms. The number of hydrogen-bond acceptors (Lipinski definition) is 10. The van der Waals surface area contributed by atoms with E-state index in [9.17, 15) is 33.9 Å². The second-order valence-corrected chi connectivity index (χ2v) is 13.7. The zero-order valence-corrected chi connectivity index (χ0v) is 30.6. The molecule has 2 aromatic heterocycles. The molecule has 17 nitrogen and oxygen atoms in total. The molecule has 2 heterocycles. The van der Waals surface area contributed by atoms with Crippen molar-refractivity contribution >= 4 is 58.2 Å². The summed E-state index contributed by atoms with van der Waals surface area (Å²) in [5.41, 5.74) is 13.9. The van der Waals surface area contributed by atoms with Gasteiger partial charge in [0, 0.05) is 54.9 Å². The molecule has 0 radical (unpaired) electrons. The van der Waals surface area contributed by atoms with Gasteiger partial charge in [-0.1, -0.05) is 32.0 Å². The minimum absolute atomic E-state index is 0.00780. The molecule has 18 heteroatoms. The van der Waals surface area contributed by atoms with Crippen LogP contribution in [0.25, 0.3) is 10.9 Å². The summed E-state index contributed by atoms with van der Waals surface area (Å²) in [6.45, 7) is 4.17. The van der Waals surface area contributed by atoms with Crippen LogP contribution in [0, 0.1) is 5.92 Å². The van der Waals surface area contributed by atoms with Crippen molar-refractivity contribution in [3.05, 3.63) is 54.2 Å². The Bertz CT molecular complexity index is 1660. The number of benzene rings is 1. The number of carboxylic acid groups (broad SMARTS) is 1. The highest BCUT2D eigenvalue weighted by Gasteiger charge is 2.34. The second-order valence-electron chi connectivity index (χ2n) is 12.8. The van der Waals surface area contributed by atoms with Crippen LogP contribution < -0.4 is 32.7 Å². The van der Waals surface area contributed by atoms with E-state index in [2.05, 4.69) is 36.2 Å². The molecule has 0 fully saturated rings. The van der Waals surface area contributed by atoms with Crippen molar-refractivity contribution in [3.63, 3.8) is 0 Å². The molecule has 5 atom stereocenters. The number of nitrogens with zero attached hydrogens (tertiary/aromatic N) is 2. The number of aromatic amines is 2. The Morgan fingerprint density at radius 1 is 0.942 bits per heavy atom. The first-order chi connectivity index (χ1) is 24.7. The van der Waals surface area contributed by atoms with Gasteiger partial charge in [0.05, 0.1) is 18.9 Å². The number of carboxylic acids is 1. The summed E-state index contributed by atoms with van der Waals surface area (Å²) in [6.07, 6.45) is 6.89. The van der Waals surface area contributed by atoms with E-state index in [1.165, 1.54) is 19.4 Å². The predicted molar refractivity (Wildman–Crippen MR) is 197 cm³/mol. The molecule has 1 aromatic carbocycles. The van der Waals surface area contributed by atoms with Crippen molar-refractivity contribution in [2.75, 3.05) is 31.6 Å². The van der Waals surface area contributed by atoms with Crippen LogP contribution in [0.5, 0.6) is 0 Å². The summed E-state index contributed by atoms with van der Waals surface area (Å²) in [4.78, 5) is 90.3. The first-order valence-electron chi connectivity index (χ1n) is 16.9. The zero-order valence-electron chi connectivity index (χ0n) is 29.8. The number of para-hydroxylation sites is 1. The number of rotatable bonds is 21. The number of fused-ring (bicyclic) bond motifs is 1. The standard InChI is InChI=1S/C34H50N10O7S/c1-19(2)29(43-30(46)24(36)9-12-52-4)32(48)41-26(14-22-16-37-18-39-22)31(47)42-27(13-21-15-38-25-8-6-5-7-23(21)25)33(49)44(11-10-35)17-28(45)40-20(3)34(50)51/h5-8,15-16,18-20,24,26-27,29,38H,9-14,17,35-36H2,1-4H3,(H,37,39)(H,40,45)(H,41,48)(H,42,47)(H,43,46)(H,50,51)/t20-,24-,26-,27-,29-/m0/s1. The number of carbonyl (C=O) groups is 6. The van der Waals surface area contributed by atoms with E-state index in [1.807, 2.05) is 30.5 Å². The predicted octanol–water partition coefficient (Wildman–Crippen LogP) is -0.756. The molecular formula is C34H50N10O7S. The number of amides is 5. The highest BCUT2D eigenvalue weighted by Crippen LogP contribution is 2.20. The van der Waals surface area contributed by atoms with E-state index in [0.29, 0.717) is 23.4 Å². The smallest absolute Gasteiger partial charge is 0.325 e. The van der Waals surface area contributed by atoms with Crippen LogP contribution in [-0.2, 0) is 41.6 Å². The van der Waals surface area contributed by atoms with Gasteiger partial charge in [0.25, 0.3) is 0 Å². The van der Waals surface area contributed by atoms with Gasteiger partial charge in [-0.3, -0.25) is 28.8 Å². The maximum Gasteiger partial charge on any atom is 0.325 e. The Morgan fingerprint density at radius 3 is 2.29 bits per heavy atom. The second kappa shape index (κ2) is 20.2. The molecule has 3 rings (SSSR count). The van der Waals surface area contributed by atoms with Crippen molar-refractivity contribution in [1.29, 1.82) is 0 Å². The number of thioether (sulfide) groups is 1. The lowest BCUT2D eigenvalue weighted by atomic mass is 10.0. The fraction of sp³-hybridized carbons (Fsp3) is 0.500. The number of nitrogens with two attached hydrogens (primary N) is 2. The summed E-state index contributed by atoms with van der Waals surface area (Å²) in [6, 6.07) is 1.85. The third kappa shape index (κ3) is 12.1. The van der Waals surface area contributed by atoms with Crippen LogP contribution in [-0.4, -0.2) is 122 Å². The van der Waals surface area contributed by atoms with E-state index >= 15 is 0 Å². The van der Waals surface area contributed by atoms with Crippen molar-refractivity contribution in [2.45, 2.75) is 70.2 Å². The fourth-order valence-corrected chi connectivity index (χ4v) is 5.91. The van der Waals surface area contributed by atoms with Crippen LogP contribution >= 0.6 is 11.8 Å². The van der Waals surface area contributed by atoms with E-state index in [4.69, 9.17) is 11.5 Å². The number of hydrogen-bond donors (Lipinski definition) is 9. The van der Waals surface area contributed by atoms with Crippen molar-refractivity contribution < 1.29 is 33.9 Å². The average Bonchev–Trinajstić information content (AvgIpc) is 3.78. The SMILES string of the molecule is CSCC[C@H](N)C(=O)N[C@H](C(=O)N[C@@H](Cc1cnc[nH]1)C(=O)N[C@@H](Cc1c[nH]c2ccccc12)C(=O)N(CCN)CC(=O)N[C@@H](C)C(=O)O)C(C)C. The van der Waals surface area contributed by atoms with Crippen molar-refractivity contribution in [2.24, 2.45) is 17.4 Å². The third-order valence-corrected chi connectivity index (χ3v) is 8.98. The molecule has 0 aliphatic rings. The highest BCUT2D eigenvalue weighted by atomic mass is 32.2. The van der Waals surface area contributed by atoms with Gasteiger partial charge in [0.2, 0.25) is 29.5 Å². The fourth-order valence-electron chi connectivity index (χ4n) is 5.42. The quantitative estimate of drug-likeness (QED) is 0.0655. The third-order valence-electron chi connectivity index (χ3n) is 8.34. The molecule has 0 saturated carbocycles. The van der Waals surface area contributed by atoms with Crippen LogP contribution in [0.15, 0.2) is 43.0 Å². The first-order valence-corrected chi connectivity index (χ1v) is 18.3. The number of H-pyrrole nitrogens is 2. The van der Waals surface area contributed by atoms with Crippen molar-refractivity contribution in [3.8, 4) is 0 Å². The number of nitrogens with one attached hydrogen (secondary N) is 6. The lowest BCUT2D eigenvalue weighted by Gasteiger charge is -2.30. The van der Waals surface area contributed by atoms with E-state index in [1.54, 1.807) is 31.8 Å². The molecule has 0 saturated heterocycles. The van der Waals surface area contributed by atoms with Gasteiger partial charge in [0.1, 0.15) is 24.2 Å². The Labute approximate surface area is 306 Å². The average molecular weight is 743 g/mol. The molecule has 5 amide bonds. The van der Waals surface area contributed by atoms with Gasteiger partial charge < -0.3 is 52.7 Å². The largest absolute Gasteiger partial charge is 0.480 e. The maximum absolute atomic E-state index is 14.2. The van der Waals surface area contributed by atoms with Gasteiger partial charge in [-0.25, -0.2) is 4.98 Å². The molecule has 0 unspecified atom stereocenters. The minimum Gasteiger partial charge on any atom is -0.480 e. The first kappa shape index (κ1) is 41.5. The Morgan fingerprint density at radius 2 is 1.65 bits per heavy atom. The summed E-state index contributed by atoms with van der Waals surface area (Å²) in [5.74, 6) is -4.19. The lowest BCUT2D eigenvalue weighted by molar-refractivity contribution is -0.143. The zero-order chi connectivity index (χ0) is 38.4. The molecule has 0 spiro atoms. The molecule has 0 aliphatic heterocycles. The molecule has 3 aromatic rings. The number of aliphatic carboxylic acids is 1. The normalized spacial score (nSPS) is 14.1.